The molecule has 3 nitrogen and oxygen atoms in total. The second-order valence-electron chi connectivity index (χ2n) is 6.68. The SMILES string of the molecule is CNC(CCN1CCCC(C)(O)CC1)c1ccccc1C. The van der Waals surface area contributed by atoms with Crippen molar-refractivity contribution in [2.75, 3.05) is 26.7 Å². The van der Waals surface area contributed by atoms with Gasteiger partial charge in [-0.1, -0.05) is 24.3 Å². The molecule has 21 heavy (non-hydrogen) atoms. The lowest BCUT2D eigenvalue weighted by Gasteiger charge is -2.25. The largest absolute Gasteiger partial charge is 0.390 e. The van der Waals surface area contributed by atoms with Crippen molar-refractivity contribution >= 4 is 0 Å². The molecule has 2 rings (SSSR count). The second-order valence-corrected chi connectivity index (χ2v) is 6.68. The van der Waals surface area contributed by atoms with Crippen LogP contribution in [0.25, 0.3) is 0 Å². The Morgan fingerprint density at radius 2 is 2.05 bits per heavy atom. The highest BCUT2D eigenvalue weighted by atomic mass is 16.3. The van der Waals surface area contributed by atoms with Crippen LogP contribution in [0.5, 0.6) is 0 Å². The van der Waals surface area contributed by atoms with Crippen molar-refractivity contribution < 1.29 is 5.11 Å². The number of hydrogen-bond donors (Lipinski definition) is 2. The average Bonchev–Trinajstić information content (AvgIpc) is 2.62. The number of benzene rings is 1. The maximum Gasteiger partial charge on any atom is 0.0632 e. The molecular weight excluding hydrogens is 260 g/mol. The molecule has 1 saturated heterocycles. The van der Waals surface area contributed by atoms with Crippen molar-refractivity contribution in [3.63, 3.8) is 0 Å². The first-order valence-corrected chi connectivity index (χ1v) is 8.19. The molecule has 3 heteroatoms. The summed E-state index contributed by atoms with van der Waals surface area (Å²) in [5, 5.41) is 13.6. The van der Waals surface area contributed by atoms with Crippen molar-refractivity contribution in [1.82, 2.24) is 10.2 Å². The Morgan fingerprint density at radius 3 is 2.76 bits per heavy atom. The molecule has 2 unspecified atom stereocenters. The Morgan fingerprint density at radius 1 is 1.29 bits per heavy atom. The molecule has 1 heterocycles. The second kappa shape index (κ2) is 7.39. The maximum atomic E-state index is 10.2. The van der Waals surface area contributed by atoms with Crippen LogP contribution < -0.4 is 5.32 Å². The first-order valence-electron chi connectivity index (χ1n) is 8.19. The number of rotatable bonds is 5. The molecule has 1 aliphatic heterocycles. The van der Waals surface area contributed by atoms with Gasteiger partial charge in [0.25, 0.3) is 0 Å². The van der Waals surface area contributed by atoms with Gasteiger partial charge >= 0.3 is 0 Å². The topological polar surface area (TPSA) is 35.5 Å². The predicted molar refractivity (Wildman–Crippen MR) is 88.5 cm³/mol. The lowest BCUT2D eigenvalue weighted by Crippen LogP contribution is -2.31. The van der Waals surface area contributed by atoms with Gasteiger partial charge in [0.05, 0.1) is 5.60 Å². The smallest absolute Gasteiger partial charge is 0.0632 e. The number of aliphatic hydroxyl groups is 1. The number of aryl methyl sites for hydroxylation is 1. The number of hydrogen-bond acceptors (Lipinski definition) is 3. The zero-order valence-electron chi connectivity index (χ0n) is 13.7. The third kappa shape index (κ3) is 4.80. The fourth-order valence-electron chi connectivity index (χ4n) is 3.29. The van der Waals surface area contributed by atoms with Gasteiger partial charge in [0.2, 0.25) is 0 Å². The minimum atomic E-state index is -0.465. The van der Waals surface area contributed by atoms with E-state index in [0.29, 0.717) is 6.04 Å². The number of nitrogens with zero attached hydrogens (tertiary/aromatic N) is 1. The van der Waals surface area contributed by atoms with E-state index >= 15 is 0 Å². The van der Waals surface area contributed by atoms with E-state index in [0.717, 1.165) is 45.3 Å². The fraction of sp³-hybridized carbons (Fsp3) is 0.667. The molecule has 1 fully saturated rings. The van der Waals surface area contributed by atoms with E-state index in [2.05, 4.69) is 41.4 Å². The van der Waals surface area contributed by atoms with Crippen LogP contribution in [0.15, 0.2) is 24.3 Å². The summed E-state index contributed by atoms with van der Waals surface area (Å²) in [6, 6.07) is 9.04. The van der Waals surface area contributed by atoms with Crippen LogP contribution in [0.2, 0.25) is 0 Å². The monoisotopic (exact) mass is 290 g/mol. The molecule has 1 aliphatic rings. The highest BCUT2D eigenvalue weighted by Gasteiger charge is 2.25. The summed E-state index contributed by atoms with van der Waals surface area (Å²) < 4.78 is 0. The maximum absolute atomic E-state index is 10.2. The summed E-state index contributed by atoms with van der Waals surface area (Å²) in [4.78, 5) is 2.50. The number of nitrogens with one attached hydrogen (secondary N) is 1. The molecule has 0 radical (unpaired) electrons. The van der Waals surface area contributed by atoms with E-state index in [1.807, 2.05) is 14.0 Å². The average molecular weight is 290 g/mol. The van der Waals surface area contributed by atoms with E-state index in [-0.39, 0.29) is 0 Å². The van der Waals surface area contributed by atoms with Gasteiger partial charge in [-0.3, -0.25) is 0 Å². The first-order chi connectivity index (χ1) is 10.0. The normalized spacial score (nSPS) is 25.5. The Kier molecular flexibility index (Phi) is 5.80. The Balaban J connectivity index is 1.90. The van der Waals surface area contributed by atoms with Crippen LogP contribution in [0.4, 0.5) is 0 Å². The van der Waals surface area contributed by atoms with Crippen LogP contribution >= 0.6 is 0 Å². The minimum Gasteiger partial charge on any atom is -0.390 e. The highest BCUT2D eigenvalue weighted by molar-refractivity contribution is 5.28. The highest BCUT2D eigenvalue weighted by Crippen LogP contribution is 2.24. The van der Waals surface area contributed by atoms with Gasteiger partial charge in [-0.25, -0.2) is 0 Å². The van der Waals surface area contributed by atoms with E-state index in [4.69, 9.17) is 0 Å². The molecule has 0 aliphatic carbocycles. The van der Waals surface area contributed by atoms with Gasteiger partial charge in [0.15, 0.2) is 0 Å². The molecule has 0 amide bonds. The third-order valence-corrected chi connectivity index (χ3v) is 4.80. The lowest BCUT2D eigenvalue weighted by molar-refractivity contribution is 0.0445. The summed E-state index contributed by atoms with van der Waals surface area (Å²) in [5.41, 5.74) is 2.30. The van der Waals surface area contributed by atoms with Crippen molar-refractivity contribution in [2.24, 2.45) is 0 Å². The summed E-state index contributed by atoms with van der Waals surface area (Å²) in [6.45, 7) is 7.37. The number of likely N-dealkylation sites (tertiary alicyclic amines) is 1. The van der Waals surface area contributed by atoms with Gasteiger partial charge in [0.1, 0.15) is 0 Å². The summed E-state index contributed by atoms with van der Waals surface area (Å²) >= 11 is 0. The van der Waals surface area contributed by atoms with E-state index in [9.17, 15) is 5.11 Å². The third-order valence-electron chi connectivity index (χ3n) is 4.80. The van der Waals surface area contributed by atoms with E-state index < -0.39 is 5.60 Å². The summed E-state index contributed by atoms with van der Waals surface area (Å²) in [6.07, 6.45) is 4.03. The van der Waals surface area contributed by atoms with Crippen LogP contribution in [-0.4, -0.2) is 42.3 Å². The fourth-order valence-corrected chi connectivity index (χ4v) is 3.29. The molecule has 0 bridgehead atoms. The minimum absolute atomic E-state index is 0.412. The molecule has 1 aromatic rings. The zero-order valence-corrected chi connectivity index (χ0v) is 13.7. The quantitative estimate of drug-likeness (QED) is 0.875. The zero-order chi connectivity index (χ0) is 15.3. The van der Waals surface area contributed by atoms with Crippen LogP contribution in [0.3, 0.4) is 0 Å². The van der Waals surface area contributed by atoms with Crippen molar-refractivity contribution in [3.05, 3.63) is 35.4 Å². The molecule has 118 valence electrons. The standard InChI is InChI=1S/C18H30N2O/c1-15-7-4-5-8-16(15)17(19-3)9-13-20-12-6-10-18(2,21)11-14-20/h4-5,7-8,17,19,21H,6,9-14H2,1-3H3. The lowest BCUT2D eigenvalue weighted by atomic mass is 9.98. The Hall–Kier alpha value is -0.900. The van der Waals surface area contributed by atoms with E-state index in [1.165, 1.54) is 11.1 Å². The molecule has 0 spiro atoms. The molecule has 0 aromatic heterocycles. The molecule has 1 aromatic carbocycles. The van der Waals surface area contributed by atoms with Gasteiger partial charge in [-0.2, -0.15) is 0 Å². The first kappa shape index (κ1) is 16.5. The van der Waals surface area contributed by atoms with Crippen LogP contribution in [0.1, 0.15) is 49.8 Å². The summed E-state index contributed by atoms with van der Waals surface area (Å²) in [5.74, 6) is 0. The van der Waals surface area contributed by atoms with Crippen LogP contribution in [0, 0.1) is 6.92 Å². The predicted octanol–water partition coefficient (Wildman–Crippen LogP) is 2.88. The van der Waals surface area contributed by atoms with Crippen molar-refractivity contribution in [3.8, 4) is 0 Å². The Labute approximate surface area is 129 Å². The molecule has 2 atom stereocenters. The molecule has 2 N–H and O–H groups in total. The van der Waals surface area contributed by atoms with Gasteiger partial charge in [0, 0.05) is 12.6 Å². The van der Waals surface area contributed by atoms with Gasteiger partial charge < -0.3 is 15.3 Å². The Bertz CT molecular complexity index is 445. The van der Waals surface area contributed by atoms with Crippen molar-refractivity contribution in [2.45, 2.75) is 51.2 Å². The van der Waals surface area contributed by atoms with Gasteiger partial charge in [-0.05, 0) is 70.8 Å². The van der Waals surface area contributed by atoms with Gasteiger partial charge in [-0.15, -0.1) is 0 Å². The van der Waals surface area contributed by atoms with Crippen molar-refractivity contribution in [1.29, 1.82) is 0 Å². The molecular formula is C18H30N2O. The summed E-state index contributed by atoms with van der Waals surface area (Å²) in [7, 11) is 2.05. The molecule has 0 saturated carbocycles. The van der Waals surface area contributed by atoms with E-state index in [1.54, 1.807) is 0 Å². The van der Waals surface area contributed by atoms with Crippen LogP contribution in [-0.2, 0) is 0 Å².